The minimum absolute atomic E-state index is 0.0156. The SMILES string of the molecule is COc1ccccc1CNC(=O)c1c(OC)cc(=O)n2c1CCN(Cc1c(F)cccc1F)CC2. The maximum Gasteiger partial charge on any atom is 0.257 e. The number of ether oxygens (including phenoxy) is 2. The van der Waals surface area contributed by atoms with Crippen molar-refractivity contribution in [1.82, 2.24) is 14.8 Å². The maximum atomic E-state index is 14.2. The third-order valence-electron chi connectivity index (χ3n) is 6.21. The Bertz CT molecular complexity index is 1270. The number of fused-ring (bicyclic) bond motifs is 1. The highest BCUT2D eigenvalue weighted by Gasteiger charge is 2.26. The van der Waals surface area contributed by atoms with Gasteiger partial charge in [0.25, 0.3) is 11.5 Å². The van der Waals surface area contributed by atoms with Crippen LogP contribution in [0, 0.1) is 11.6 Å². The zero-order valence-electron chi connectivity index (χ0n) is 19.6. The molecule has 0 saturated carbocycles. The predicted molar refractivity (Wildman–Crippen MR) is 127 cm³/mol. The maximum absolute atomic E-state index is 14.2. The third kappa shape index (κ3) is 5.19. The van der Waals surface area contributed by atoms with Crippen molar-refractivity contribution in [2.75, 3.05) is 27.3 Å². The Morgan fingerprint density at radius 3 is 2.40 bits per heavy atom. The number of para-hydroxylation sites is 1. The molecule has 0 fully saturated rings. The molecule has 1 aliphatic heterocycles. The molecule has 0 spiro atoms. The molecule has 184 valence electrons. The number of nitrogens with zero attached hydrogens (tertiary/aromatic N) is 2. The Balaban J connectivity index is 1.59. The zero-order valence-corrected chi connectivity index (χ0v) is 19.6. The topological polar surface area (TPSA) is 72.8 Å². The molecule has 1 aliphatic rings. The Kier molecular flexibility index (Phi) is 7.45. The van der Waals surface area contributed by atoms with Crippen LogP contribution >= 0.6 is 0 Å². The van der Waals surface area contributed by atoms with Gasteiger partial charge in [-0.25, -0.2) is 8.78 Å². The van der Waals surface area contributed by atoms with Gasteiger partial charge in [-0.2, -0.15) is 0 Å². The number of hydrogen-bond donors (Lipinski definition) is 1. The molecule has 0 unspecified atom stereocenters. The summed E-state index contributed by atoms with van der Waals surface area (Å²) in [4.78, 5) is 28.0. The molecular formula is C26H27F2N3O4. The quantitative estimate of drug-likeness (QED) is 0.559. The van der Waals surface area contributed by atoms with Gasteiger partial charge in [0.15, 0.2) is 0 Å². The summed E-state index contributed by atoms with van der Waals surface area (Å²) < 4.78 is 40.6. The van der Waals surface area contributed by atoms with E-state index in [-0.39, 0.29) is 48.0 Å². The monoisotopic (exact) mass is 483 g/mol. The second-order valence-corrected chi connectivity index (χ2v) is 8.25. The average molecular weight is 484 g/mol. The summed E-state index contributed by atoms with van der Waals surface area (Å²) in [5, 5.41) is 2.89. The van der Waals surface area contributed by atoms with Gasteiger partial charge in [-0.3, -0.25) is 14.5 Å². The van der Waals surface area contributed by atoms with Crippen LogP contribution in [0.3, 0.4) is 0 Å². The van der Waals surface area contributed by atoms with Crippen molar-refractivity contribution < 1.29 is 23.0 Å². The lowest BCUT2D eigenvalue weighted by Gasteiger charge is -2.20. The van der Waals surface area contributed by atoms with Gasteiger partial charge in [-0.05, 0) is 18.2 Å². The minimum atomic E-state index is -0.609. The molecule has 0 atom stereocenters. The van der Waals surface area contributed by atoms with E-state index in [1.165, 1.54) is 35.9 Å². The normalized spacial score (nSPS) is 13.6. The molecular weight excluding hydrogens is 456 g/mol. The van der Waals surface area contributed by atoms with E-state index in [9.17, 15) is 18.4 Å². The van der Waals surface area contributed by atoms with Crippen LogP contribution in [0.5, 0.6) is 11.5 Å². The Morgan fingerprint density at radius 2 is 1.69 bits per heavy atom. The van der Waals surface area contributed by atoms with Gasteiger partial charge < -0.3 is 19.4 Å². The number of rotatable bonds is 7. The first-order valence-electron chi connectivity index (χ1n) is 11.3. The number of pyridine rings is 1. The van der Waals surface area contributed by atoms with Crippen molar-refractivity contribution in [3.8, 4) is 11.5 Å². The number of aromatic nitrogens is 1. The summed E-state index contributed by atoms with van der Waals surface area (Å²) in [6.45, 7) is 1.38. The Labute approximate surface area is 201 Å². The van der Waals surface area contributed by atoms with E-state index in [1.54, 1.807) is 7.11 Å². The number of carbonyl (C=O) groups excluding carboxylic acids is 1. The predicted octanol–water partition coefficient (Wildman–Crippen LogP) is 3.13. The molecule has 0 bridgehead atoms. The first-order chi connectivity index (χ1) is 16.9. The van der Waals surface area contributed by atoms with E-state index in [2.05, 4.69) is 5.32 Å². The molecule has 0 aliphatic carbocycles. The molecule has 0 saturated heterocycles. The van der Waals surface area contributed by atoms with Gasteiger partial charge in [0.2, 0.25) is 0 Å². The van der Waals surface area contributed by atoms with E-state index < -0.39 is 11.6 Å². The van der Waals surface area contributed by atoms with E-state index in [1.807, 2.05) is 29.2 Å². The second kappa shape index (κ2) is 10.7. The standard InChI is InChI=1S/C26H27F2N3O4/c1-34-22-9-4-3-6-17(22)15-29-26(33)25-21-10-11-30(16-18-19(27)7-5-8-20(18)28)12-13-31(21)24(32)14-23(25)35-2/h3-9,14H,10-13,15-16H2,1-2H3,(H,29,33). The number of hydrogen-bond acceptors (Lipinski definition) is 5. The highest BCUT2D eigenvalue weighted by Crippen LogP contribution is 2.24. The van der Waals surface area contributed by atoms with Crippen LogP contribution in [-0.2, 0) is 26.1 Å². The number of carbonyl (C=O) groups is 1. The van der Waals surface area contributed by atoms with Crippen molar-refractivity contribution >= 4 is 5.91 Å². The summed E-state index contributed by atoms with van der Waals surface area (Å²) in [6.07, 6.45) is 0.333. The van der Waals surface area contributed by atoms with Crippen LogP contribution in [0.1, 0.15) is 27.2 Å². The van der Waals surface area contributed by atoms with E-state index >= 15 is 0 Å². The van der Waals surface area contributed by atoms with Crippen molar-refractivity contribution in [1.29, 1.82) is 0 Å². The third-order valence-corrected chi connectivity index (χ3v) is 6.21. The summed E-state index contributed by atoms with van der Waals surface area (Å²) in [5.41, 5.74) is 1.30. The number of benzene rings is 2. The molecule has 1 aromatic heterocycles. The molecule has 0 radical (unpaired) electrons. The fourth-order valence-electron chi connectivity index (χ4n) is 4.38. The molecule has 3 aromatic rings. The first kappa shape index (κ1) is 24.4. The molecule has 1 amide bonds. The Morgan fingerprint density at radius 1 is 0.971 bits per heavy atom. The molecule has 35 heavy (non-hydrogen) atoms. The summed E-state index contributed by atoms with van der Waals surface area (Å²) >= 11 is 0. The highest BCUT2D eigenvalue weighted by atomic mass is 19.1. The fraction of sp³-hybridized carbons (Fsp3) is 0.308. The van der Waals surface area contributed by atoms with Gasteiger partial charge in [0.05, 0.1) is 14.2 Å². The molecule has 2 heterocycles. The molecule has 9 heteroatoms. The second-order valence-electron chi connectivity index (χ2n) is 8.25. The van der Waals surface area contributed by atoms with Gasteiger partial charge in [0.1, 0.15) is 28.7 Å². The lowest BCUT2D eigenvalue weighted by atomic mass is 10.1. The van der Waals surface area contributed by atoms with Crippen LogP contribution in [0.4, 0.5) is 8.78 Å². The van der Waals surface area contributed by atoms with Gasteiger partial charge >= 0.3 is 0 Å². The van der Waals surface area contributed by atoms with Crippen LogP contribution in [-0.4, -0.2) is 42.7 Å². The summed E-state index contributed by atoms with van der Waals surface area (Å²) in [6, 6.07) is 12.4. The Hall–Kier alpha value is -3.72. The van der Waals surface area contributed by atoms with Crippen molar-refractivity contribution in [3.63, 3.8) is 0 Å². The summed E-state index contributed by atoms with van der Waals surface area (Å²) in [7, 11) is 2.97. The van der Waals surface area contributed by atoms with Gasteiger partial charge in [-0.15, -0.1) is 0 Å². The minimum Gasteiger partial charge on any atom is -0.496 e. The lowest BCUT2D eigenvalue weighted by molar-refractivity contribution is 0.0945. The largest absolute Gasteiger partial charge is 0.496 e. The number of methoxy groups -OCH3 is 2. The van der Waals surface area contributed by atoms with Gasteiger partial charge in [-0.1, -0.05) is 24.3 Å². The van der Waals surface area contributed by atoms with E-state index in [0.29, 0.717) is 31.0 Å². The molecule has 7 nitrogen and oxygen atoms in total. The zero-order chi connectivity index (χ0) is 24.9. The van der Waals surface area contributed by atoms with Crippen molar-refractivity contribution in [2.45, 2.75) is 26.1 Å². The smallest absolute Gasteiger partial charge is 0.257 e. The highest BCUT2D eigenvalue weighted by molar-refractivity contribution is 5.98. The van der Waals surface area contributed by atoms with Crippen LogP contribution < -0.4 is 20.3 Å². The summed E-state index contributed by atoms with van der Waals surface area (Å²) in [5.74, 6) is -0.764. The van der Waals surface area contributed by atoms with Crippen LogP contribution in [0.15, 0.2) is 53.3 Å². The number of nitrogens with one attached hydrogen (secondary N) is 1. The lowest BCUT2D eigenvalue weighted by Crippen LogP contribution is -2.31. The van der Waals surface area contributed by atoms with Gasteiger partial charge in [0, 0.05) is 62.0 Å². The number of amides is 1. The average Bonchev–Trinajstić information content (AvgIpc) is 3.08. The van der Waals surface area contributed by atoms with Crippen molar-refractivity contribution in [3.05, 3.63) is 92.9 Å². The van der Waals surface area contributed by atoms with Crippen LogP contribution in [0.25, 0.3) is 0 Å². The molecule has 1 N–H and O–H groups in total. The van der Waals surface area contributed by atoms with Crippen LogP contribution in [0.2, 0.25) is 0 Å². The fourth-order valence-corrected chi connectivity index (χ4v) is 4.38. The number of halogens is 2. The first-order valence-corrected chi connectivity index (χ1v) is 11.3. The molecule has 4 rings (SSSR count). The molecule has 2 aromatic carbocycles. The van der Waals surface area contributed by atoms with E-state index in [4.69, 9.17) is 9.47 Å². The van der Waals surface area contributed by atoms with Crippen molar-refractivity contribution in [2.24, 2.45) is 0 Å². The van der Waals surface area contributed by atoms with E-state index in [0.717, 1.165) is 5.56 Å².